The van der Waals surface area contributed by atoms with Crippen molar-refractivity contribution < 1.29 is 27.4 Å². The first-order chi connectivity index (χ1) is 14.1. The predicted octanol–water partition coefficient (Wildman–Crippen LogP) is 7.31. The molecular weight excluding hydrogens is 440 g/mol. The maximum absolute atomic E-state index is 12.9. The second kappa shape index (κ2) is 8.74. The van der Waals surface area contributed by atoms with Gasteiger partial charge in [-0.2, -0.15) is 13.2 Å². The van der Waals surface area contributed by atoms with Crippen LogP contribution in [-0.4, -0.2) is 13.1 Å². The summed E-state index contributed by atoms with van der Waals surface area (Å²) >= 11 is 12.0. The van der Waals surface area contributed by atoms with Crippen LogP contribution in [0.1, 0.15) is 18.1 Å². The first-order valence-corrected chi connectivity index (χ1v) is 9.68. The van der Waals surface area contributed by atoms with Crippen molar-refractivity contribution in [2.45, 2.75) is 19.5 Å². The van der Waals surface area contributed by atoms with Crippen molar-refractivity contribution >= 4 is 39.9 Å². The van der Waals surface area contributed by atoms with E-state index in [9.17, 15) is 18.0 Å². The lowest BCUT2D eigenvalue weighted by molar-refractivity contribution is -0.144. The van der Waals surface area contributed by atoms with Gasteiger partial charge in [-0.05, 0) is 47.0 Å². The largest absolute Gasteiger partial charge is 0.469 e. The van der Waals surface area contributed by atoms with Gasteiger partial charge >= 0.3 is 12.1 Å². The number of hydrogen-bond acceptors (Lipinski definition) is 3. The molecule has 0 N–H and O–H groups in total. The van der Waals surface area contributed by atoms with Crippen LogP contribution in [0.4, 0.5) is 13.2 Å². The molecular formula is C22H17Cl2F3O3. The van der Waals surface area contributed by atoms with Crippen molar-refractivity contribution in [3.63, 3.8) is 0 Å². The van der Waals surface area contributed by atoms with Crippen LogP contribution in [0.15, 0.2) is 48.5 Å². The van der Waals surface area contributed by atoms with Crippen LogP contribution in [0.5, 0.6) is 11.5 Å². The Balaban J connectivity index is 1.89. The third kappa shape index (κ3) is 4.99. The van der Waals surface area contributed by atoms with Gasteiger partial charge in [0.25, 0.3) is 0 Å². The maximum Gasteiger partial charge on any atom is 0.416 e. The van der Waals surface area contributed by atoms with E-state index in [1.807, 2.05) is 24.3 Å². The van der Waals surface area contributed by atoms with Crippen LogP contribution in [0.2, 0.25) is 10.0 Å². The lowest BCUT2D eigenvalue weighted by Gasteiger charge is -2.14. The molecule has 0 amide bonds. The van der Waals surface area contributed by atoms with Gasteiger partial charge in [0.2, 0.25) is 0 Å². The van der Waals surface area contributed by atoms with Gasteiger partial charge in [0.05, 0.1) is 28.6 Å². The molecule has 0 aliphatic rings. The second-order valence-corrected chi connectivity index (χ2v) is 7.65. The van der Waals surface area contributed by atoms with Gasteiger partial charge in [-0.3, -0.25) is 4.79 Å². The van der Waals surface area contributed by atoms with Crippen molar-refractivity contribution in [2.24, 2.45) is 5.92 Å². The summed E-state index contributed by atoms with van der Waals surface area (Å²) in [5, 5.41) is 1.29. The van der Waals surface area contributed by atoms with Crippen LogP contribution in [0.25, 0.3) is 10.8 Å². The molecule has 0 saturated carbocycles. The molecule has 0 bridgehead atoms. The first kappa shape index (κ1) is 22.2. The topological polar surface area (TPSA) is 35.5 Å². The first-order valence-electron chi connectivity index (χ1n) is 8.93. The Morgan fingerprint density at radius 2 is 1.63 bits per heavy atom. The SMILES string of the molecule is COC(=O)C(C)Cc1ccc2ccc(Oc3c(Cl)cc(C(F)(F)F)cc3Cl)cc2c1. The number of alkyl halides is 3. The van der Waals surface area contributed by atoms with Crippen molar-refractivity contribution in [3.05, 3.63) is 69.7 Å². The highest BCUT2D eigenvalue weighted by atomic mass is 35.5. The van der Waals surface area contributed by atoms with E-state index >= 15 is 0 Å². The minimum Gasteiger partial charge on any atom is -0.469 e. The standard InChI is InChI=1S/C22H17Cl2F3O3/c1-12(21(28)29-2)7-13-3-4-14-5-6-17(9-15(14)8-13)30-20-18(23)10-16(11-19(20)24)22(25,26)27/h3-6,8-12H,7H2,1-2H3. The molecule has 3 nitrogen and oxygen atoms in total. The molecule has 1 atom stereocenters. The molecule has 0 radical (unpaired) electrons. The Bertz CT molecular complexity index is 1070. The van der Waals surface area contributed by atoms with Gasteiger partial charge in [0, 0.05) is 0 Å². The fourth-order valence-corrected chi connectivity index (χ4v) is 3.61. The number of esters is 1. The summed E-state index contributed by atoms with van der Waals surface area (Å²) in [4.78, 5) is 11.6. The Morgan fingerprint density at radius 3 is 2.23 bits per heavy atom. The lowest BCUT2D eigenvalue weighted by atomic mass is 9.98. The molecule has 0 aliphatic carbocycles. The normalized spacial score (nSPS) is 12.6. The quantitative estimate of drug-likeness (QED) is 0.377. The van der Waals surface area contributed by atoms with Gasteiger partial charge in [-0.25, -0.2) is 0 Å². The van der Waals surface area contributed by atoms with E-state index in [4.69, 9.17) is 32.7 Å². The monoisotopic (exact) mass is 456 g/mol. The molecule has 3 rings (SSSR count). The molecule has 0 aromatic heterocycles. The zero-order valence-electron chi connectivity index (χ0n) is 16.0. The number of fused-ring (bicyclic) bond motifs is 1. The summed E-state index contributed by atoms with van der Waals surface area (Å²) in [5.74, 6) is -0.277. The molecule has 158 valence electrons. The molecule has 3 aromatic carbocycles. The van der Waals surface area contributed by atoms with Crippen LogP contribution in [0, 0.1) is 5.92 Å². The third-order valence-corrected chi connectivity index (χ3v) is 5.13. The number of halogens is 5. The Kier molecular flexibility index (Phi) is 6.48. The van der Waals surface area contributed by atoms with Crippen LogP contribution >= 0.6 is 23.2 Å². The molecule has 0 saturated heterocycles. The summed E-state index contributed by atoms with van der Waals surface area (Å²) in [5.41, 5.74) is -0.0177. The maximum atomic E-state index is 12.9. The van der Waals surface area contributed by atoms with Gasteiger partial charge in [-0.15, -0.1) is 0 Å². The van der Waals surface area contributed by atoms with Crippen molar-refractivity contribution in [1.29, 1.82) is 0 Å². The molecule has 0 fully saturated rings. The third-order valence-electron chi connectivity index (χ3n) is 4.57. The number of ether oxygens (including phenoxy) is 2. The highest BCUT2D eigenvalue weighted by molar-refractivity contribution is 6.37. The van der Waals surface area contributed by atoms with E-state index in [0.717, 1.165) is 28.5 Å². The summed E-state index contributed by atoms with van der Waals surface area (Å²) in [6, 6.07) is 12.5. The number of hydrogen-bond donors (Lipinski definition) is 0. The van der Waals surface area contributed by atoms with E-state index in [0.29, 0.717) is 12.2 Å². The van der Waals surface area contributed by atoms with E-state index < -0.39 is 11.7 Å². The average Bonchev–Trinajstić information content (AvgIpc) is 2.68. The number of rotatable bonds is 5. The number of benzene rings is 3. The summed E-state index contributed by atoms with van der Waals surface area (Å²) in [7, 11) is 1.35. The average molecular weight is 457 g/mol. The minimum absolute atomic E-state index is 0.0545. The Labute approximate surface area is 181 Å². The van der Waals surface area contributed by atoms with Crippen molar-refractivity contribution in [2.75, 3.05) is 7.11 Å². The molecule has 30 heavy (non-hydrogen) atoms. The van der Waals surface area contributed by atoms with Gasteiger partial charge in [0.1, 0.15) is 5.75 Å². The zero-order valence-corrected chi connectivity index (χ0v) is 17.5. The summed E-state index contributed by atoms with van der Waals surface area (Å²) in [6.45, 7) is 1.78. The summed E-state index contributed by atoms with van der Waals surface area (Å²) < 4.78 is 49.1. The Hall–Kier alpha value is -2.44. The molecule has 8 heteroatoms. The number of carbonyl (C=O) groups excluding carboxylic acids is 1. The lowest BCUT2D eigenvalue weighted by Crippen LogP contribution is -2.15. The summed E-state index contributed by atoms with van der Waals surface area (Å²) in [6.07, 6.45) is -4.06. The van der Waals surface area contributed by atoms with E-state index in [1.165, 1.54) is 7.11 Å². The molecule has 0 spiro atoms. The van der Waals surface area contributed by atoms with Gasteiger partial charge < -0.3 is 9.47 Å². The van der Waals surface area contributed by atoms with Crippen LogP contribution in [-0.2, 0) is 22.1 Å². The van der Waals surface area contributed by atoms with E-state index in [1.54, 1.807) is 19.1 Å². The molecule has 0 aliphatic heterocycles. The van der Waals surface area contributed by atoms with Crippen LogP contribution < -0.4 is 4.74 Å². The van der Waals surface area contributed by atoms with E-state index in [2.05, 4.69) is 0 Å². The fraction of sp³-hybridized carbons (Fsp3) is 0.227. The van der Waals surface area contributed by atoms with Crippen molar-refractivity contribution in [1.82, 2.24) is 0 Å². The Morgan fingerprint density at radius 1 is 1.00 bits per heavy atom. The van der Waals surface area contributed by atoms with Crippen molar-refractivity contribution in [3.8, 4) is 11.5 Å². The van der Waals surface area contributed by atoms with E-state index in [-0.39, 0.29) is 27.7 Å². The van der Waals surface area contributed by atoms with Gasteiger partial charge in [0.15, 0.2) is 5.75 Å². The number of carbonyl (C=O) groups is 1. The molecule has 1 unspecified atom stereocenters. The second-order valence-electron chi connectivity index (χ2n) is 6.84. The predicted molar refractivity (Wildman–Crippen MR) is 110 cm³/mol. The van der Waals surface area contributed by atoms with Gasteiger partial charge in [-0.1, -0.05) is 54.4 Å². The number of methoxy groups -OCH3 is 1. The molecule has 3 aromatic rings. The fourth-order valence-electron chi connectivity index (χ4n) is 3.04. The molecule has 0 heterocycles. The smallest absolute Gasteiger partial charge is 0.416 e. The highest BCUT2D eigenvalue weighted by Gasteiger charge is 2.32. The highest BCUT2D eigenvalue weighted by Crippen LogP contribution is 2.42. The van der Waals surface area contributed by atoms with Crippen LogP contribution in [0.3, 0.4) is 0 Å². The zero-order chi connectivity index (χ0) is 22.1. The minimum atomic E-state index is -4.56.